The van der Waals surface area contributed by atoms with E-state index in [1.165, 1.54) is 12.0 Å². The van der Waals surface area contributed by atoms with Gasteiger partial charge in [-0.1, -0.05) is 17.7 Å². The lowest BCUT2D eigenvalue weighted by atomic mass is 10.0. The standard InChI is InChI=1S/C21H26N2O4/c1-7-23-15(4)18(14(3)19(23)21(26)27-6)17(24)12-22(5)20(25)16-10-8-13(2)9-11-16/h8-11H,7,12H2,1-6H3. The predicted molar refractivity (Wildman–Crippen MR) is 103 cm³/mol. The molecule has 0 unspecified atom stereocenters. The van der Waals surface area contributed by atoms with Crippen molar-refractivity contribution in [1.29, 1.82) is 0 Å². The summed E-state index contributed by atoms with van der Waals surface area (Å²) in [6.45, 7) is 7.87. The molecule has 1 aromatic heterocycles. The number of methoxy groups -OCH3 is 1. The monoisotopic (exact) mass is 370 g/mol. The third-order valence-corrected chi connectivity index (χ3v) is 4.77. The fourth-order valence-electron chi connectivity index (χ4n) is 3.34. The highest BCUT2D eigenvalue weighted by Gasteiger charge is 2.27. The van der Waals surface area contributed by atoms with Crippen LogP contribution in [0.15, 0.2) is 24.3 Å². The van der Waals surface area contributed by atoms with Crippen LogP contribution in [0, 0.1) is 20.8 Å². The van der Waals surface area contributed by atoms with Crippen LogP contribution in [-0.4, -0.2) is 47.8 Å². The molecule has 2 aromatic rings. The molecule has 144 valence electrons. The number of ether oxygens (including phenoxy) is 1. The summed E-state index contributed by atoms with van der Waals surface area (Å²) in [5.74, 6) is -0.896. The van der Waals surface area contributed by atoms with E-state index in [9.17, 15) is 14.4 Å². The molecule has 1 amide bonds. The lowest BCUT2D eigenvalue weighted by Gasteiger charge is -2.17. The van der Waals surface area contributed by atoms with Gasteiger partial charge in [0.15, 0.2) is 5.78 Å². The largest absolute Gasteiger partial charge is 0.464 e. The van der Waals surface area contributed by atoms with Crippen LogP contribution in [0.2, 0.25) is 0 Å². The smallest absolute Gasteiger partial charge is 0.354 e. The zero-order chi connectivity index (χ0) is 20.3. The first-order valence-corrected chi connectivity index (χ1v) is 8.86. The maximum atomic E-state index is 12.9. The quantitative estimate of drug-likeness (QED) is 0.578. The highest BCUT2D eigenvalue weighted by molar-refractivity contribution is 6.05. The van der Waals surface area contributed by atoms with Crippen molar-refractivity contribution in [2.45, 2.75) is 34.2 Å². The molecule has 0 aliphatic rings. The fourth-order valence-corrected chi connectivity index (χ4v) is 3.34. The van der Waals surface area contributed by atoms with Crippen LogP contribution in [0.4, 0.5) is 0 Å². The SMILES string of the molecule is CCn1c(C)c(C(=O)CN(C)C(=O)c2ccc(C)cc2)c(C)c1C(=O)OC. The van der Waals surface area contributed by atoms with E-state index in [4.69, 9.17) is 4.74 Å². The van der Waals surface area contributed by atoms with Crippen molar-refractivity contribution in [1.82, 2.24) is 9.47 Å². The van der Waals surface area contributed by atoms with E-state index >= 15 is 0 Å². The van der Waals surface area contributed by atoms with Gasteiger partial charge < -0.3 is 14.2 Å². The van der Waals surface area contributed by atoms with Gasteiger partial charge in [0.05, 0.1) is 13.7 Å². The third-order valence-electron chi connectivity index (χ3n) is 4.77. The summed E-state index contributed by atoms with van der Waals surface area (Å²) in [4.78, 5) is 39.0. The minimum Gasteiger partial charge on any atom is -0.464 e. The maximum absolute atomic E-state index is 12.9. The lowest BCUT2D eigenvalue weighted by Crippen LogP contribution is -2.32. The van der Waals surface area contributed by atoms with Crippen LogP contribution in [0.25, 0.3) is 0 Å². The van der Waals surface area contributed by atoms with Gasteiger partial charge in [-0.3, -0.25) is 9.59 Å². The minimum absolute atomic E-state index is 0.0667. The number of benzene rings is 1. The fraction of sp³-hybridized carbons (Fsp3) is 0.381. The second kappa shape index (κ2) is 8.20. The van der Waals surface area contributed by atoms with Crippen LogP contribution >= 0.6 is 0 Å². The molecule has 6 heteroatoms. The molecule has 2 rings (SSSR count). The molecule has 0 radical (unpaired) electrons. The Hall–Kier alpha value is -2.89. The topological polar surface area (TPSA) is 68.6 Å². The summed E-state index contributed by atoms with van der Waals surface area (Å²) >= 11 is 0. The molecule has 0 fully saturated rings. The van der Waals surface area contributed by atoms with E-state index in [0.29, 0.717) is 34.6 Å². The van der Waals surface area contributed by atoms with Gasteiger partial charge in [0.1, 0.15) is 5.69 Å². The number of hydrogen-bond acceptors (Lipinski definition) is 4. The first-order valence-electron chi connectivity index (χ1n) is 8.86. The first kappa shape index (κ1) is 20.4. The summed E-state index contributed by atoms with van der Waals surface area (Å²) in [5, 5.41) is 0. The lowest BCUT2D eigenvalue weighted by molar-refractivity contribution is 0.0587. The summed E-state index contributed by atoms with van der Waals surface area (Å²) in [6.07, 6.45) is 0. The molecule has 0 saturated carbocycles. The van der Waals surface area contributed by atoms with Crippen LogP contribution < -0.4 is 0 Å². The molecule has 0 atom stereocenters. The van der Waals surface area contributed by atoms with Crippen molar-refractivity contribution in [3.05, 3.63) is 57.9 Å². The Bertz CT molecular complexity index is 879. The summed E-state index contributed by atoms with van der Waals surface area (Å²) < 4.78 is 6.63. The van der Waals surface area contributed by atoms with Crippen molar-refractivity contribution >= 4 is 17.7 Å². The Morgan fingerprint density at radius 3 is 2.19 bits per heavy atom. The molecule has 1 heterocycles. The zero-order valence-electron chi connectivity index (χ0n) is 16.8. The maximum Gasteiger partial charge on any atom is 0.354 e. The Balaban J connectivity index is 2.30. The molecule has 1 aromatic carbocycles. The van der Waals surface area contributed by atoms with Crippen molar-refractivity contribution in [2.75, 3.05) is 20.7 Å². The Labute approximate surface area is 159 Å². The molecule has 0 saturated heterocycles. The van der Waals surface area contributed by atoms with Crippen molar-refractivity contribution in [3.8, 4) is 0 Å². The number of esters is 1. The van der Waals surface area contributed by atoms with Crippen LogP contribution in [0.5, 0.6) is 0 Å². The Kier molecular flexibility index (Phi) is 6.20. The zero-order valence-corrected chi connectivity index (χ0v) is 16.8. The van der Waals surface area contributed by atoms with E-state index in [1.807, 2.05) is 26.0 Å². The van der Waals surface area contributed by atoms with Crippen LogP contribution in [0.3, 0.4) is 0 Å². The van der Waals surface area contributed by atoms with Crippen molar-refractivity contribution < 1.29 is 19.1 Å². The number of aryl methyl sites for hydroxylation is 1. The molecule has 0 N–H and O–H groups in total. The van der Waals surface area contributed by atoms with E-state index in [0.717, 1.165) is 5.56 Å². The number of likely N-dealkylation sites (N-methyl/N-ethyl adjacent to an activating group) is 1. The van der Waals surface area contributed by atoms with Crippen LogP contribution in [0.1, 0.15) is 54.9 Å². The van der Waals surface area contributed by atoms with Gasteiger partial charge in [-0.25, -0.2) is 4.79 Å². The molecule has 0 aliphatic carbocycles. The molecule has 27 heavy (non-hydrogen) atoms. The van der Waals surface area contributed by atoms with E-state index in [1.54, 1.807) is 37.6 Å². The highest BCUT2D eigenvalue weighted by Crippen LogP contribution is 2.24. The minimum atomic E-state index is -0.472. The number of Topliss-reactive ketones (excluding diaryl/α,β-unsaturated/α-hetero) is 1. The van der Waals surface area contributed by atoms with Gasteiger partial charge in [0, 0.05) is 30.4 Å². The summed E-state index contributed by atoms with van der Waals surface area (Å²) in [5.41, 5.74) is 3.74. The predicted octanol–water partition coefficient (Wildman–Crippen LogP) is 3.17. The third kappa shape index (κ3) is 3.94. The van der Waals surface area contributed by atoms with E-state index < -0.39 is 5.97 Å². The first-order chi connectivity index (χ1) is 12.7. The number of carbonyl (C=O) groups is 3. The Morgan fingerprint density at radius 2 is 1.67 bits per heavy atom. The number of ketones is 1. The van der Waals surface area contributed by atoms with Gasteiger partial charge in [-0.15, -0.1) is 0 Å². The van der Waals surface area contributed by atoms with E-state index in [2.05, 4.69) is 0 Å². The van der Waals surface area contributed by atoms with Crippen molar-refractivity contribution in [3.63, 3.8) is 0 Å². The molecule has 0 bridgehead atoms. The number of rotatable bonds is 6. The highest BCUT2D eigenvalue weighted by atomic mass is 16.5. The average molecular weight is 370 g/mol. The Morgan fingerprint density at radius 1 is 1.07 bits per heavy atom. The molecular formula is C21H26N2O4. The molecule has 0 spiro atoms. The second-order valence-corrected chi connectivity index (χ2v) is 6.62. The molecular weight excluding hydrogens is 344 g/mol. The second-order valence-electron chi connectivity index (χ2n) is 6.62. The van der Waals surface area contributed by atoms with Crippen molar-refractivity contribution in [2.24, 2.45) is 0 Å². The van der Waals surface area contributed by atoms with E-state index in [-0.39, 0.29) is 18.2 Å². The number of hydrogen-bond donors (Lipinski definition) is 0. The molecule has 0 aliphatic heterocycles. The van der Waals surface area contributed by atoms with Gasteiger partial charge in [-0.05, 0) is 45.4 Å². The average Bonchev–Trinajstić information content (AvgIpc) is 2.90. The number of amides is 1. The number of carbonyl (C=O) groups excluding carboxylic acids is 3. The number of aromatic nitrogens is 1. The summed E-state index contributed by atoms with van der Waals surface area (Å²) in [7, 11) is 2.92. The molecule has 6 nitrogen and oxygen atoms in total. The van der Waals surface area contributed by atoms with Gasteiger partial charge in [-0.2, -0.15) is 0 Å². The van der Waals surface area contributed by atoms with Gasteiger partial charge in [0.25, 0.3) is 5.91 Å². The summed E-state index contributed by atoms with van der Waals surface area (Å²) in [6, 6.07) is 7.22. The number of nitrogens with zero attached hydrogens (tertiary/aromatic N) is 2. The van der Waals surface area contributed by atoms with Gasteiger partial charge >= 0.3 is 5.97 Å². The van der Waals surface area contributed by atoms with Crippen LogP contribution in [-0.2, 0) is 11.3 Å². The van der Waals surface area contributed by atoms with Gasteiger partial charge in [0.2, 0.25) is 0 Å². The normalized spacial score (nSPS) is 10.6.